The number of amides is 1. The minimum absolute atomic E-state index is 0.0130. The van der Waals surface area contributed by atoms with E-state index < -0.39 is 0 Å². The molecule has 26 heavy (non-hydrogen) atoms. The number of benzene rings is 1. The minimum atomic E-state index is -0.321. The molecule has 2 aromatic heterocycles. The van der Waals surface area contributed by atoms with E-state index in [4.69, 9.17) is 9.15 Å². The molecule has 1 fully saturated rings. The molecule has 3 aromatic rings. The third kappa shape index (κ3) is 2.86. The fourth-order valence-electron chi connectivity index (χ4n) is 3.05. The molecule has 1 aromatic carbocycles. The van der Waals surface area contributed by atoms with Gasteiger partial charge in [0.2, 0.25) is 5.76 Å². The predicted molar refractivity (Wildman–Crippen MR) is 91.5 cm³/mol. The lowest BCUT2D eigenvalue weighted by Gasteiger charge is -2.26. The van der Waals surface area contributed by atoms with Gasteiger partial charge >= 0.3 is 5.84 Å². The minimum Gasteiger partial charge on any atom is -0.416 e. The monoisotopic (exact) mass is 358 g/mol. The number of hydrogen-bond acceptors (Lipinski definition) is 5. The Hall–Kier alpha value is -2.74. The number of nitrogens with zero attached hydrogens (tertiary/aromatic N) is 4. The van der Waals surface area contributed by atoms with Crippen LogP contribution < -0.4 is 0 Å². The Morgan fingerprint density at radius 2 is 1.88 bits per heavy atom. The van der Waals surface area contributed by atoms with Crippen molar-refractivity contribution in [1.29, 1.82) is 0 Å². The Balaban J connectivity index is 1.75. The summed E-state index contributed by atoms with van der Waals surface area (Å²) >= 11 is 0. The molecule has 0 aliphatic carbocycles. The molecular weight excluding hydrogens is 339 g/mol. The van der Waals surface area contributed by atoms with Crippen molar-refractivity contribution in [2.75, 3.05) is 26.3 Å². The van der Waals surface area contributed by atoms with Crippen LogP contribution in [0.4, 0.5) is 4.39 Å². The number of aromatic nitrogens is 3. The van der Waals surface area contributed by atoms with E-state index in [0.29, 0.717) is 43.4 Å². The standard InChI is InChI=1S/C18H19FN4O3/c1-11(2)14-15(17(24)22-7-9-25-10-8-22)26-18-20-16(21-23(14)18)12-3-5-13(19)6-4-12/h3-6,11H,7-10H2,1-2H3. The number of oxazole rings is 1. The maximum atomic E-state index is 13.1. The van der Waals surface area contributed by atoms with Crippen molar-refractivity contribution >= 4 is 11.8 Å². The van der Waals surface area contributed by atoms with Gasteiger partial charge < -0.3 is 14.1 Å². The largest absolute Gasteiger partial charge is 0.416 e. The van der Waals surface area contributed by atoms with Crippen LogP contribution in [0.5, 0.6) is 0 Å². The Kier molecular flexibility index (Phi) is 4.20. The Labute approximate surface area is 149 Å². The van der Waals surface area contributed by atoms with E-state index in [1.807, 2.05) is 13.8 Å². The average molecular weight is 358 g/mol. The lowest BCUT2D eigenvalue weighted by Crippen LogP contribution is -2.41. The summed E-state index contributed by atoms with van der Waals surface area (Å²) < 4.78 is 25.8. The molecule has 0 N–H and O–H groups in total. The highest BCUT2D eigenvalue weighted by Gasteiger charge is 2.29. The molecule has 0 bridgehead atoms. The molecule has 3 heterocycles. The second kappa shape index (κ2) is 6.53. The van der Waals surface area contributed by atoms with Crippen LogP contribution in [0.1, 0.15) is 36.0 Å². The molecular formula is C18H19FN4O3. The number of carbonyl (C=O) groups is 1. The molecule has 0 saturated carbocycles. The molecule has 4 rings (SSSR count). The Bertz CT molecular complexity index is 939. The summed E-state index contributed by atoms with van der Waals surface area (Å²) in [5.74, 6) is 0.466. The van der Waals surface area contributed by atoms with Gasteiger partial charge in [0, 0.05) is 18.7 Å². The summed E-state index contributed by atoms with van der Waals surface area (Å²) in [6, 6.07) is 5.93. The van der Waals surface area contributed by atoms with E-state index >= 15 is 0 Å². The zero-order valence-electron chi connectivity index (χ0n) is 14.6. The predicted octanol–water partition coefficient (Wildman–Crippen LogP) is 2.72. The number of rotatable bonds is 3. The summed E-state index contributed by atoms with van der Waals surface area (Å²) in [6.07, 6.45) is 0. The molecule has 136 valence electrons. The van der Waals surface area contributed by atoms with Gasteiger partial charge in [0.1, 0.15) is 5.82 Å². The first-order chi connectivity index (χ1) is 12.5. The van der Waals surface area contributed by atoms with Gasteiger partial charge in [-0.1, -0.05) is 13.8 Å². The lowest BCUT2D eigenvalue weighted by atomic mass is 10.1. The third-order valence-corrected chi connectivity index (χ3v) is 4.37. The summed E-state index contributed by atoms with van der Waals surface area (Å²) in [4.78, 5) is 18.9. The quantitative estimate of drug-likeness (QED) is 0.720. The first-order valence-electron chi connectivity index (χ1n) is 8.57. The van der Waals surface area contributed by atoms with E-state index in [-0.39, 0.29) is 29.2 Å². The van der Waals surface area contributed by atoms with Gasteiger partial charge in [-0.3, -0.25) is 4.79 Å². The fraction of sp³-hybridized carbons (Fsp3) is 0.389. The summed E-state index contributed by atoms with van der Waals surface area (Å²) in [6.45, 7) is 6.06. The van der Waals surface area contributed by atoms with Gasteiger partial charge in [0.15, 0.2) is 5.82 Å². The zero-order chi connectivity index (χ0) is 18.3. The van der Waals surface area contributed by atoms with E-state index in [0.717, 1.165) is 0 Å². The van der Waals surface area contributed by atoms with Crippen molar-refractivity contribution in [3.05, 3.63) is 41.5 Å². The SMILES string of the molecule is CC(C)c1c(C(=O)N2CCOCC2)oc2nc(-c3ccc(F)cc3)nn12. The van der Waals surface area contributed by atoms with E-state index in [2.05, 4.69) is 10.1 Å². The van der Waals surface area contributed by atoms with E-state index in [1.54, 1.807) is 21.5 Å². The molecule has 1 saturated heterocycles. The van der Waals surface area contributed by atoms with Gasteiger partial charge in [0.05, 0.1) is 18.9 Å². The topological polar surface area (TPSA) is 72.9 Å². The van der Waals surface area contributed by atoms with Gasteiger partial charge in [-0.15, -0.1) is 5.10 Å². The van der Waals surface area contributed by atoms with Crippen molar-refractivity contribution in [2.24, 2.45) is 0 Å². The van der Waals surface area contributed by atoms with Crippen LogP contribution in [0.2, 0.25) is 0 Å². The second-order valence-corrected chi connectivity index (χ2v) is 6.51. The Morgan fingerprint density at radius 3 is 2.54 bits per heavy atom. The Morgan fingerprint density at radius 1 is 1.19 bits per heavy atom. The number of ether oxygens (including phenoxy) is 1. The van der Waals surface area contributed by atoms with Crippen LogP contribution in [-0.2, 0) is 4.74 Å². The summed E-state index contributed by atoms with van der Waals surface area (Å²) in [5.41, 5.74) is 1.36. The first-order valence-corrected chi connectivity index (χ1v) is 8.57. The number of morpholine rings is 1. The smallest absolute Gasteiger partial charge is 0.325 e. The maximum absolute atomic E-state index is 13.1. The van der Waals surface area contributed by atoms with Crippen molar-refractivity contribution in [2.45, 2.75) is 19.8 Å². The number of fused-ring (bicyclic) bond motifs is 1. The molecule has 0 atom stereocenters. The molecule has 1 aliphatic rings. The van der Waals surface area contributed by atoms with E-state index in [1.165, 1.54) is 12.1 Å². The van der Waals surface area contributed by atoms with Crippen LogP contribution in [0.15, 0.2) is 28.7 Å². The first kappa shape index (κ1) is 16.7. The van der Waals surface area contributed by atoms with Crippen LogP contribution in [0, 0.1) is 5.82 Å². The summed E-state index contributed by atoms with van der Waals surface area (Å²) in [5, 5.41) is 4.48. The molecule has 8 heteroatoms. The van der Waals surface area contributed by atoms with Crippen LogP contribution >= 0.6 is 0 Å². The molecule has 1 aliphatic heterocycles. The lowest BCUT2D eigenvalue weighted by molar-refractivity contribution is 0.0282. The van der Waals surface area contributed by atoms with Crippen LogP contribution in [0.3, 0.4) is 0 Å². The average Bonchev–Trinajstić information content (AvgIpc) is 3.20. The van der Waals surface area contributed by atoms with Gasteiger partial charge in [-0.25, -0.2) is 4.39 Å². The highest BCUT2D eigenvalue weighted by molar-refractivity contribution is 5.93. The van der Waals surface area contributed by atoms with E-state index in [9.17, 15) is 9.18 Å². The van der Waals surface area contributed by atoms with Gasteiger partial charge in [-0.05, 0) is 30.2 Å². The van der Waals surface area contributed by atoms with Crippen molar-refractivity contribution in [3.8, 4) is 11.4 Å². The highest BCUT2D eigenvalue weighted by Crippen LogP contribution is 2.27. The normalized spacial score (nSPS) is 15.2. The third-order valence-electron chi connectivity index (χ3n) is 4.37. The molecule has 7 nitrogen and oxygen atoms in total. The second-order valence-electron chi connectivity index (χ2n) is 6.51. The highest BCUT2D eigenvalue weighted by atomic mass is 19.1. The van der Waals surface area contributed by atoms with Crippen LogP contribution in [0.25, 0.3) is 17.2 Å². The fourth-order valence-corrected chi connectivity index (χ4v) is 3.05. The number of hydrogen-bond donors (Lipinski definition) is 0. The van der Waals surface area contributed by atoms with Gasteiger partial charge in [-0.2, -0.15) is 9.50 Å². The molecule has 0 unspecified atom stereocenters. The zero-order valence-corrected chi connectivity index (χ0v) is 14.6. The number of halogens is 1. The maximum Gasteiger partial charge on any atom is 0.325 e. The van der Waals surface area contributed by atoms with Gasteiger partial charge in [0.25, 0.3) is 5.91 Å². The van der Waals surface area contributed by atoms with Crippen LogP contribution in [-0.4, -0.2) is 51.7 Å². The number of carbonyl (C=O) groups excluding carboxylic acids is 1. The van der Waals surface area contributed by atoms with Crippen molar-refractivity contribution in [3.63, 3.8) is 0 Å². The molecule has 0 spiro atoms. The molecule has 0 radical (unpaired) electrons. The van der Waals surface area contributed by atoms with Crippen molar-refractivity contribution < 1.29 is 18.3 Å². The van der Waals surface area contributed by atoms with Crippen molar-refractivity contribution in [1.82, 2.24) is 19.5 Å². The summed E-state index contributed by atoms with van der Waals surface area (Å²) in [7, 11) is 0. The molecule has 1 amide bonds.